The van der Waals surface area contributed by atoms with Gasteiger partial charge in [-0.25, -0.2) is 17.5 Å². The van der Waals surface area contributed by atoms with E-state index in [4.69, 9.17) is 9.47 Å². The number of hydrogen-bond acceptors (Lipinski definition) is 4. The molecular formula is C14H18FNO4S. The van der Waals surface area contributed by atoms with Gasteiger partial charge in [-0.1, -0.05) is 0 Å². The number of ether oxygens (including phenoxy) is 2. The van der Waals surface area contributed by atoms with Gasteiger partial charge in [-0.05, 0) is 37.1 Å². The topological polar surface area (TPSA) is 64.6 Å². The first kappa shape index (κ1) is 14.9. The summed E-state index contributed by atoms with van der Waals surface area (Å²) in [7, 11) is -3.65. The van der Waals surface area contributed by atoms with E-state index in [2.05, 4.69) is 4.72 Å². The Morgan fingerprint density at radius 3 is 2.57 bits per heavy atom. The third-order valence-corrected chi connectivity index (χ3v) is 5.34. The molecule has 0 bridgehead atoms. The van der Waals surface area contributed by atoms with Gasteiger partial charge in [-0.15, -0.1) is 0 Å². The van der Waals surface area contributed by atoms with Crippen LogP contribution in [0, 0.1) is 5.82 Å². The second kappa shape index (κ2) is 5.64. The van der Waals surface area contributed by atoms with Gasteiger partial charge in [0, 0.05) is 19.4 Å². The summed E-state index contributed by atoms with van der Waals surface area (Å²) < 4.78 is 51.0. The van der Waals surface area contributed by atoms with Crippen molar-refractivity contribution in [2.45, 2.75) is 42.5 Å². The molecule has 1 aliphatic heterocycles. The van der Waals surface area contributed by atoms with Gasteiger partial charge in [0.2, 0.25) is 10.0 Å². The van der Waals surface area contributed by atoms with E-state index < -0.39 is 21.6 Å². The lowest BCUT2D eigenvalue weighted by Gasteiger charge is -2.21. The molecule has 5 nitrogen and oxygen atoms in total. The van der Waals surface area contributed by atoms with Gasteiger partial charge in [0.15, 0.2) is 5.79 Å². The second-order valence-electron chi connectivity index (χ2n) is 5.47. The maximum absolute atomic E-state index is 12.8. The fraction of sp³-hybridized carbons (Fsp3) is 0.571. The molecule has 1 spiro atoms. The lowest BCUT2D eigenvalue weighted by Crippen LogP contribution is -2.35. The number of benzene rings is 1. The highest BCUT2D eigenvalue weighted by atomic mass is 32.2. The van der Waals surface area contributed by atoms with E-state index in [1.165, 1.54) is 12.1 Å². The summed E-state index contributed by atoms with van der Waals surface area (Å²) in [6.45, 7) is 0.549. The number of hydrogen-bond donors (Lipinski definition) is 1. The van der Waals surface area contributed by atoms with Crippen LogP contribution in [0.3, 0.4) is 0 Å². The Kier molecular flexibility index (Phi) is 4.00. The van der Waals surface area contributed by atoms with E-state index in [1.54, 1.807) is 0 Å². The van der Waals surface area contributed by atoms with Gasteiger partial charge in [0.05, 0.1) is 17.6 Å². The average molecular weight is 315 g/mol. The molecule has 3 rings (SSSR count). The van der Waals surface area contributed by atoms with Crippen molar-refractivity contribution in [3.05, 3.63) is 30.1 Å². The summed E-state index contributed by atoms with van der Waals surface area (Å²) in [6, 6.07) is 4.72. The van der Waals surface area contributed by atoms with Gasteiger partial charge in [0.25, 0.3) is 0 Å². The van der Waals surface area contributed by atoms with Crippen molar-refractivity contribution in [3.63, 3.8) is 0 Å². The fourth-order valence-electron chi connectivity index (χ4n) is 2.79. The summed E-state index contributed by atoms with van der Waals surface area (Å²) in [4.78, 5) is 0.0402. The minimum absolute atomic E-state index is 0.0402. The van der Waals surface area contributed by atoms with E-state index >= 15 is 0 Å². The normalized spacial score (nSPS) is 24.7. The molecule has 0 aromatic heterocycles. The second-order valence-corrected chi connectivity index (χ2v) is 7.24. The molecule has 0 amide bonds. The molecular weight excluding hydrogens is 297 g/mol. The number of rotatable bonds is 4. The van der Waals surface area contributed by atoms with Crippen LogP contribution in [0.1, 0.15) is 25.7 Å². The first-order chi connectivity index (χ1) is 9.99. The third kappa shape index (κ3) is 3.26. The molecule has 21 heavy (non-hydrogen) atoms. The summed E-state index contributed by atoms with van der Waals surface area (Å²) in [5, 5.41) is 0. The highest BCUT2D eigenvalue weighted by molar-refractivity contribution is 7.89. The highest BCUT2D eigenvalue weighted by Gasteiger charge is 2.43. The molecule has 116 valence electrons. The molecule has 2 aliphatic rings. The van der Waals surface area contributed by atoms with Crippen LogP contribution < -0.4 is 4.72 Å². The number of nitrogens with one attached hydrogen (secondary N) is 1. The molecule has 1 atom stereocenters. The zero-order valence-electron chi connectivity index (χ0n) is 11.5. The predicted molar refractivity (Wildman–Crippen MR) is 73.6 cm³/mol. The first-order valence-corrected chi connectivity index (χ1v) is 8.54. The summed E-state index contributed by atoms with van der Waals surface area (Å²) in [5.41, 5.74) is 0. The zero-order chi connectivity index (χ0) is 14.9. The highest BCUT2D eigenvalue weighted by Crippen LogP contribution is 2.39. The maximum Gasteiger partial charge on any atom is 0.240 e. The number of halogens is 1. The quantitative estimate of drug-likeness (QED) is 0.920. The Morgan fingerprint density at radius 2 is 1.90 bits per heavy atom. The third-order valence-electron chi connectivity index (χ3n) is 3.90. The Balaban J connectivity index is 1.58. The molecule has 0 unspecified atom stereocenters. The van der Waals surface area contributed by atoms with Crippen molar-refractivity contribution in [2.24, 2.45) is 0 Å². The minimum Gasteiger partial charge on any atom is -0.347 e. The molecule has 1 aromatic rings. The van der Waals surface area contributed by atoms with Crippen LogP contribution >= 0.6 is 0 Å². The van der Waals surface area contributed by atoms with Gasteiger partial charge in [-0.2, -0.15) is 0 Å². The van der Waals surface area contributed by atoms with Gasteiger partial charge >= 0.3 is 0 Å². The molecule has 1 aromatic carbocycles. The van der Waals surface area contributed by atoms with Crippen LogP contribution in [0.15, 0.2) is 29.2 Å². The van der Waals surface area contributed by atoms with E-state index in [1.807, 2.05) is 0 Å². The predicted octanol–water partition coefficient (Wildman–Crippen LogP) is 1.79. The van der Waals surface area contributed by atoms with Gasteiger partial charge in [-0.3, -0.25) is 0 Å². The molecule has 1 N–H and O–H groups in total. The lowest BCUT2D eigenvalue weighted by molar-refractivity contribution is -0.160. The van der Waals surface area contributed by atoms with Crippen LogP contribution in [0.2, 0.25) is 0 Å². The minimum atomic E-state index is -3.65. The molecule has 1 aliphatic carbocycles. The largest absolute Gasteiger partial charge is 0.347 e. The standard InChI is InChI=1S/C14H18FNO4S/c15-11-3-5-13(6-4-11)21(17,18)16-9-12-10-19-14(20-12)7-1-2-8-14/h3-6,12,16H,1-2,7-10H2/t12-/m1/s1. The summed E-state index contributed by atoms with van der Waals surface area (Å²) in [6.07, 6.45) is 3.61. The average Bonchev–Trinajstić information content (AvgIpc) is 3.08. The van der Waals surface area contributed by atoms with E-state index in [9.17, 15) is 12.8 Å². The van der Waals surface area contributed by atoms with Crippen LogP contribution in [0.4, 0.5) is 4.39 Å². The number of sulfonamides is 1. The molecule has 1 heterocycles. The maximum atomic E-state index is 12.8. The summed E-state index contributed by atoms with van der Waals surface area (Å²) >= 11 is 0. The SMILES string of the molecule is O=S(=O)(NC[C@@H]1COC2(CCCC2)O1)c1ccc(F)cc1. The lowest BCUT2D eigenvalue weighted by atomic mass is 10.2. The van der Waals surface area contributed by atoms with Crippen LogP contribution in [0.5, 0.6) is 0 Å². The van der Waals surface area contributed by atoms with Crippen molar-refractivity contribution in [1.29, 1.82) is 0 Å². The van der Waals surface area contributed by atoms with Gasteiger partial charge in [0.1, 0.15) is 5.82 Å². The van der Waals surface area contributed by atoms with E-state index in [-0.39, 0.29) is 17.5 Å². The fourth-order valence-corrected chi connectivity index (χ4v) is 3.86. The smallest absolute Gasteiger partial charge is 0.240 e. The first-order valence-electron chi connectivity index (χ1n) is 7.06. The van der Waals surface area contributed by atoms with Crippen molar-refractivity contribution < 1.29 is 22.3 Å². The Bertz CT molecular complexity index is 596. The molecule has 7 heteroatoms. The van der Waals surface area contributed by atoms with E-state index in [0.29, 0.717) is 6.61 Å². The Morgan fingerprint density at radius 1 is 1.24 bits per heavy atom. The van der Waals surface area contributed by atoms with Crippen molar-refractivity contribution in [2.75, 3.05) is 13.2 Å². The van der Waals surface area contributed by atoms with Crippen LogP contribution in [-0.4, -0.2) is 33.5 Å². The zero-order valence-corrected chi connectivity index (χ0v) is 12.4. The molecule has 0 radical (unpaired) electrons. The summed E-state index contributed by atoms with van der Waals surface area (Å²) in [5.74, 6) is -0.962. The van der Waals surface area contributed by atoms with Crippen LogP contribution in [0.25, 0.3) is 0 Å². The van der Waals surface area contributed by atoms with Gasteiger partial charge < -0.3 is 9.47 Å². The molecule has 1 saturated heterocycles. The molecule has 1 saturated carbocycles. The van der Waals surface area contributed by atoms with E-state index in [0.717, 1.165) is 37.8 Å². The monoisotopic (exact) mass is 315 g/mol. The Labute approximate surface area is 123 Å². The van der Waals surface area contributed by atoms with Crippen molar-refractivity contribution in [1.82, 2.24) is 4.72 Å². The Hall–Kier alpha value is -1.02. The van der Waals surface area contributed by atoms with Crippen molar-refractivity contribution >= 4 is 10.0 Å². The van der Waals surface area contributed by atoms with Crippen LogP contribution in [-0.2, 0) is 19.5 Å². The molecule has 2 fully saturated rings. The van der Waals surface area contributed by atoms with Crippen molar-refractivity contribution in [3.8, 4) is 0 Å².